The minimum Gasteiger partial charge on any atom is -0.504 e. The van der Waals surface area contributed by atoms with E-state index in [1.165, 1.54) is 42.5 Å². The minimum absolute atomic E-state index is 0.000671. The second-order valence-electron chi connectivity index (χ2n) is 9.19. The predicted octanol–water partition coefficient (Wildman–Crippen LogP) is 1.54. The first kappa shape index (κ1) is 28.9. The quantitative estimate of drug-likeness (QED) is 0.139. The van der Waals surface area contributed by atoms with E-state index in [0.29, 0.717) is 11.3 Å². The van der Waals surface area contributed by atoms with E-state index in [1.54, 1.807) is 20.8 Å². The van der Waals surface area contributed by atoms with Gasteiger partial charge in [0.05, 0.1) is 0 Å². The summed E-state index contributed by atoms with van der Waals surface area (Å²) in [5.41, 5.74) is 5.75. The highest BCUT2D eigenvalue weighted by Crippen LogP contribution is 2.36. The molecule has 208 valence electrons. The Bertz CT molecular complexity index is 1330. The van der Waals surface area contributed by atoms with Gasteiger partial charge in [0.15, 0.2) is 17.2 Å². The van der Waals surface area contributed by atoms with Gasteiger partial charge in [0, 0.05) is 24.6 Å². The van der Waals surface area contributed by atoms with Crippen molar-refractivity contribution in [3.8, 4) is 17.2 Å². The van der Waals surface area contributed by atoms with Crippen LogP contribution in [0.2, 0.25) is 0 Å². The van der Waals surface area contributed by atoms with Crippen LogP contribution in [-0.4, -0.2) is 50.3 Å². The summed E-state index contributed by atoms with van der Waals surface area (Å²) in [5, 5.41) is 38.0. The maximum atomic E-state index is 13.4. The van der Waals surface area contributed by atoms with Gasteiger partial charge in [0.1, 0.15) is 23.7 Å². The number of aryl methyl sites for hydroxylation is 1. The first-order valence-corrected chi connectivity index (χ1v) is 12.0. The molecule has 39 heavy (non-hydrogen) atoms. The Morgan fingerprint density at radius 1 is 0.974 bits per heavy atom. The average Bonchev–Trinajstić information content (AvgIpc) is 3.34. The Hall–Kier alpha value is -4.65. The number of hydrogen-bond acceptors (Lipinski definition) is 9. The number of nitrogens with zero attached hydrogens (tertiary/aromatic N) is 1. The number of amides is 3. The topological polar surface area (TPSA) is 186 Å². The molecule has 0 radical (unpaired) electrons. The van der Waals surface area contributed by atoms with Crippen molar-refractivity contribution in [3.63, 3.8) is 0 Å². The Balaban J connectivity index is 1.72. The van der Waals surface area contributed by atoms with Crippen molar-refractivity contribution >= 4 is 17.7 Å². The minimum atomic E-state index is -1.15. The van der Waals surface area contributed by atoms with Gasteiger partial charge in [-0.15, -0.1) is 0 Å². The smallest absolute Gasteiger partial charge is 0.274 e. The maximum Gasteiger partial charge on any atom is 0.274 e. The fourth-order valence-electron chi connectivity index (χ4n) is 3.62. The van der Waals surface area contributed by atoms with Crippen LogP contribution >= 0.6 is 0 Å². The van der Waals surface area contributed by atoms with Crippen molar-refractivity contribution in [2.45, 2.75) is 45.8 Å². The Labute approximate surface area is 223 Å². The fraction of sp³-hybridized carbons (Fsp3) is 0.308. The van der Waals surface area contributed by atoms with Gasteiger partial charge in [-0.1, -0.05) is 37.2 Å². The van der Waals surface area contributed by atoms with Crippen LogP contribution < -0.4 is 21.5 Å². The van der Waals surface area contributed by atoms with Crippen LogP contribution in [0.1, 0.15) is 41.2 Å². The van der Waals surface area contributed by atoms with Gasteiger partial charge in [-0.25, -0.2) is 9.82 Å². The second-order valence-corrected chi connectivity index (χ2v) is 9.19. The zero-order valence-corrected chi connectivity index (χ0v) is 21.5. The molecule has 0 aliphatic rings. The van der Waals surface area contributed by atoms with Crippen molar-refractivity contribution < 1.29 is 38.6 Å². The summed E-state index contributed by atoms with van der Waals surface area (Å²) in [6, 6.07) is 7.16. The Morgan fingerprint density at radius 2 is 1.67 bits per heavy atom. The molecule has 0 bridgehead atoms. The molecular weight excluding hydrogens is 513 g/mol. The molecule has 1 aromatic heterocycles. The molecule has 2 aromatic carbocycles. The third-order valence-electron chi connectivity index (χ3n) is 5.79. The van der Waals surface area contributed by atoms with Gasteiger partial charge in [0.2, 0.25) is 11.7 Å². The second kappa shape index (κ2) is 12.7. The van der Waals surface area contributed by atoms with Crippen molar-refractivity contribution in [2.75, 3.05) is 0 Å². The monoisotopic (exact) mass is 543 g/mol. The normalized spacial score (nSPS) is 12.5. The average molecular weight is 544 g/mol. The van der Waals surface area contributed by atoms with E-state index < -0.39 is 52.9 Å². The molecule has 0 aliphatic carbocycles. The van der Waals surface area contributed by atoms with Crippen molar-refractivity contribution in [2.24, 2.45) is 5.92 Å². The lowest BCUT2D eigenvalue weighted by Crippen LogP contribution is -2.57. The van der Waals surface area contributed by atoms with Crippen LogP contribution in [-0.2, 0) is 22.6 Å². The number of benzene rings is 2. The number of hydrazine groups is 1. The van der Waals surface area contributed by atoms with E-state index in [0.717, 1.165) is 0 Å². The number of rotatable bonds is 11. The molecule has 0 saturated heterocycles. The van der Waals surface area contributed by atoms with E-state index in [-0.39, 0.29) is 30.1 Å². The molecule has 3 amide bonds. The van der Waals surface area contributed by atoms with E-state index in [4.69, 9.17) is 4.52 Å². The number of phenolic OH excluding ortho intramolecular Hbond substituents is 3. The van der Waals surface area contributed by atoms with Crippen LogP contribution in [0.4, 0.5) is 4.39 Å². The van der Waals surface area contributed by atoms with Gasteiger partial charge in [-0.05, 0) is 36.6 Å². The van der Waals surface area contributed by atoms with Gasteiger partial charge in [-0.2, -0.15) is 0 Å². The molecule has 0 fully saturated rings. The number of carbonyl (C=O) groups excluding carboxylic acids is 3. The summed E-state index contributed by atoms with van der Waals surface area (Å²) in [7, 11) is 0. The van der Waals surface area contributed by atoms with Gasteiger partial charge < -0.3 is 30.5 Å². The molecule has 0 unspecified atom stereocenters. The molecule has 0 saturated carbocycles. The van der Waals surface area contributed by atoms with Crippen molar-refractivity contribution in [1.82, 2.24) is 26.6 Å². The molecule has 2 atom stereocenters. The molecular formula is C26H30FN5O7. The standard InChI is InChI=1S/C26H30FN5O7/c1-13(2)21(30-24(36)19-10-14(3)39-32-19)26(38)29-18(11-15-4-7-17(27)8-5-15)25(37)31-28-12-16-6-9-20(33)23(35)22(16)34/h4-10,13,18,21,28,33-35H,11-12H2,1-3H3,(H,29,38)(H,30,36)(H,31,37)/t18-,21-/m0/s1. The number of hydrogen-bond donors (Lipinski definition) is 7. The fourth-order valence-corrected chi connectivity index (χ4v) is 3.62. The van der Waals surface area contributed by atoms with Crippen LogP contribution in [0.3, 0.4) is 0 Å². The molecule has 0 spiro atoms. The van der Waals surface area contributed by atoms with Crippen LogP contribution in [0.5, 0.6) is 17.2 Å². The predicted molar refractivity (Wildman–Crippen MR) is 136 cm³/mol. The molecule has 13 heteroatoms. The van der Waals surface area contributed by atoms with Crippen molar-refractivity contribution in [3.05, 3.63) is 70.9 Å². The van der Waals surface area contributed by atoms with E-state index in [9.17, 15) is 34.1 Å². The largest absolute Gasteiger partial charge is 0.504 e. The van der Waals surface area contributed by atoms with Crippen molar-refractivity contribution in [1.29, 1.82) is 0 Å². The highest BCUT2D eigenvalue weighted by atomic mass is 19.1. The summed E-state index contributed by atoms with van der Waals surface area (Å²) >= 11 is 0. The first-order valence-electron chi connectivity index (χ1n) is 12.0. The summed E-state index contributed by atoms with van der Waals surface area (Å²) in [6.07, 6.45) is -0.00791. The van der Waals surface area contributed by atoms with E-state index >= 15 is 0 Å². The molecule has 7 N–H and O–H groups in total. The number of halogens is 1. The zero-order valence-electron chi connectivity index (χ0n) is 21.5. The van der Waals surface area contributed by atoms with E-state index in [1.807, 2.05) is 0 Å². The van der Waals surface area contributed by atoms with Crippen LogP contribution in [0.15, 0.2) is 47.0 Å². The SMILES string of the molecule is Cc1cc(C(=O)N[C@H](C(=O)N[C@@H](Cc2ccc(F)cc2)C(=O)NNCc2ccc(O)c(O)c2O)C(C)C)no1. The van der Waals surface area contributed by atoms with Gasteiger partial charge >= 0.3 is 0 Å². The molecule has 3 rings (SSSR count). The lowest BCUT2D eigenvalue weighted by Gasteiger charge is -2.25. The summed E-state index contributed by atoms with van der Waals surface area (Å²) in [6.45, 7) is 4.92. The third kappa shape index (κ3) is 7.68. The molecule has 1 heterocycles. The lowest BCUT2D eigenvalue weighted by molar-refractivity contribution is -0.131. The maximum absolute atomic E-state index is 13.4. The van der Waals surface area contributed by atoms with Gasteiger partial charge in [-0.3, -0.25) is 19.8 Å². The molecule has 0 aliphatic heterocycles. The summed E-state index contributed by atoms with van der Waals surface area (Å²) in [4.78, 5) is 38.8. The van der Waals surface area contributed by atoms with Crippen LogP contribution in [0, 0.1) is 18.7 Å². The zero-order chi connectivity index (χ0) is 28.7. The number of aromatic hydroxyl groups is 3. The number of aromatic nitrogens is 1. The highest BCUT2D eigenvalue weighted by molar-refractivity contribution is 5.97. The highest BCUT2D eigenvalue weighted by Gasteiger charge is 2.30. The lowest BCUT2D eigenvalue weighted by atomic mass is 10.0. The van der Waals surface area contributed by atoms with Crippen LogP contribution in [0.25, 0.3) is 0 Å². The summed E-state index contributed by atoms with van der Waals surface area (Å²) in [5.74, 6) is -4.11. The van der Waals surface area contributed by atoms with Gasteiger partial charge in [0.25, 0.3) is 11.8 Å². The number of nitrogens with one attached hydrogen (secondary N) is 4. The van der Waals surface area contributed by atoms with E-state index in [2.05, 4.69) is 26.6 Å². The summed E-state index contributed by atoms with van der Waals surface area (Å²) < 4.78 is 18.3. The Kier molecular flexibility index (Phi) is 9.44. The first-order chi connectivity index (χ1) is 18.5. The number of phenols is 3. The Morgan fingerprint density at radius 3 is 2.28 bits per heavy atom. The molecule has 3 aromatic rings. The third-order valence-corrected chi connectivity index (χ3v) is 5.79. The number of carbonyl (C=O) groups is 3. The molecule has 12 nitrogen and oxygen atoms in total.